The van der Waals surface area contributed by atoms with Crippen molar-refractivity contribution in [3.63, 3.8) is 0 Å². The van der Waals surface area contributed by atoms with E-state index < -0.39 is 11.0 Å². The minimum Gasteiger partial charge on any atom is -0.497 e. The predicted molar refractivity (Wildman–Crippen MR) is 116 cm³/mol. The van der Waals surface area contributed by atoms with Gasteiger partial charge in [0.15, 0.2) is 0 Å². The third-order valence-electron chi connectivity index (χ3n) is 7.38. The van der Waals surface area contributed by atoms with Crippen LogP contribution >= 0.6 is 11.6 Å². The van der Waals surface area contributed by atoms with E-state index in [-0.39, 0.29) is 17.7 Å². The summed E-state index contributed by atoms with van der Waals surface area (Å²) in [4.78, 5) is 12.9. The maximum absolute atomic E-state index is 12.9. The van der Waals surface area contributed by atoms with Crippen molar-refractivity contribution < 1.29 is 9.53 Å². The summed E-state index contributed by atoms with van der Waals surface area (Å²) in [6.07, 6.45) is 2.42. The Labute approximate surface area is 177 Å². The zero-order chi connectivity index (χ0) is 20.8. The number of carbonyl (C=O) groups excluding carboxylic acids is 1. The summed E-state index contributed by atoms with van der Waals surface area (Å²) in [5, 5.41) is 3.79. The number of hydrogen-bond donors (Lipinski definition) is 2. The monoisotopic (exact) mass is 412 g/mol. The summed E-state index contributed by atoms with van der Waals surface area (Å²) < 4.78 is 5.33. The molecule has 1 heterocycles. The number of rotatable bonds is 4. The molecule has 0 aromatic heterocycles. The second-order valence-corrected chi connectivity index (χ2v) is 8.96. The van der Waals surface area contributed by atoms with Crippen molar-refractivity contribution in [2.75, 3.05) is 13.7 Å². The van der Waals surface area contributed by atoms with Crippen LogP contribution < -0.4 is 15.8 Å². The molecule has 0 spiro atoms. The van der Waals surface area contributed by atoms with Gasteiger partial charge in [-0.2, -0.15) is 0 Å². The number of halogens is 1. The Morgan fingerprint density at radius 1 is 1.24 bits per heavy atom. The van der Waals surface area contributed by atoms with Gasteiger partial charge in [-0.3, -0.25) is 4.79 Å². The van der Waals surface area contributed by atoms with Gasteiger partial charge in [-0.15, -0.1) is 0 Å². The zero-order valence-corrected chi connectivity index (χ0v) is 18.1. The van der Waals surface area contributed by atoms with Crippen LogP contribution in [0.1, 0.15) is 48.8 Å². The number of aryl methyl sites for hydroxylation is 1. The lowest BCUT2D eigenvalue weighted by Crippen LogP contribution is -2.58. The van der Waals surface area contributed by atoms with Crippen LogP contribution in [0.4, 0.5) is 0 Å². The smallest absolute Gasteiger partial charge is 0.226 e. The average molecular weight is 413 g/mol. The Morgan fingerprint density at radius 2 is 1.97 bits per heavy atom. The fourth-order valence-corrected chi connectivity index (χ4v) is 5.98. The van der Waals surface area contributed by atoms with Crippen molar-refractivity contribution in [2.24, 2.45) is 17.1 Å². The van der Waals surface area contributed by atoms with Crippen molar-refractivity contribution in [3.05, 3.63) is 64.2 Å². The topological polar surface area (TPSA) is 64.3 Å². The molecule has 1 aliphatic carbocycles. The molecule has 4 rings (SSSR count). The molecule has 1 saturated heterocycles. The van der Waals surface area contributed by atoms with Crippen LogP contribution in [0.15, 0.2) is 42.5 Å². The third kappa shape index (κ3) is 2.96. The maximum atomic E-state index is 12.9. The normalized spacial score (nSPS) is 31.3. The Kier molecular flexibility index (Phi) is 5.12. The van der Waals surface area contributed by atoms with E-state index in [1.54, 1.807) is 7.11 Å². The van der Waals surface area contributed by atoms with Crippen LogP contribution in [0, 0.1) is 18.3 Å². The molecule has 0 bridgehead atoms. The molecule has 2 aromatic rings. The van der Waals surface area contributed by atoms with Gasteiger partial charge in [-0.25, -0.2) is 0 Å². The number of nitrogens with one attached hydrogen (secondary N) is 1. The summed E-state index contributed by atoms with van der Waals surface area (Å²) >= 11 is 6.70. The van der Waals surface area contributed by atoms with Crippen molar-refractivity contribution in [3.8, 4) is 5.75 Å². The van der Waals surface area contributed by atoms with E-state index in [1.165, 1.54) is 5.56 Å². The van der Waals surface area contributed by atoms with E-state index in [2.05, 4.69) is 43.4 Å². The van der Waals surface area contributed by atoms with Crippen molar-refractivity contribution >= 4 is 17.5 Å². The standard InChI is InChI=1S/C24H29ClN2O2/c1-4-23-12-11-19(18-10-9-17(29-3)13-20(18)25)24(26,21(23)14-27-22(23)28)16-7-5-15(2)6-8-16/h5-10,13,19,21H,4,11-12,14,26H2,1-3H3,(H,27,28). The minimum absolute atomic E-state index is 0.00660. The number of nitrogens with two attached hydrogens (primary N) is 1. The van der Waals surface area contributed by atoms with Gasteiger partial charge in [0.1, 0.15) is 5.75 Å². The van der Waals surface area contributed by atoms with Crippen LogP contribution in [0.3, 0.4) is 0 Å². The van der Waals surface area contributed by atoms with E-state index in [0.717, 1.165) is 36.1 Å². The number of methoxy groups -OCH3 is 1. The summed E-state index contributed by atoms with van der Waals surface area (Å²) in [6, 6.07) is 14.3. The molecule has 2 aromatic carbocycles. The molecular weight excluding hydrogens is 384 g/mol. The molecule has 0 radical (unpaired) electrons. The molecule has 29 heavy (non-hydrogen) atoms. The van der Waals surface area contributed by atoms with Gasteiger partial charge in [0.25, 0.3) is 0 Å². The molecule has 4 unspecified atom stereocenters. The van der Waals surface area contributed by atoms with Gasteiger partial charge >= 0.3 is 0 Å². The molecule has 3 N–H and O–H groups in total. The average Bonchev–Trinajstić information content (AvgIpc) is 3.07. The quantitative estimate of drug-likeness (QED) is 0.775. The largest absolute Gasteiger partial charge is 0.497 e. The number of amides is 1. The Morgan fingerprint density at radius 3 is 2.59 bits per heavy atom. The van der Waals surface area contributed by atoms with Crippen molar-refractivity contribution in [1.29, 1.82) is 0 Å². The molecular formula is C24H29ClN2O2. The molecule has 2 aliphatic rings. The number of ether oxygens (including phenoxy) is 1. The summed E-state index contributed by atoms with van der Waals surface area (Å²) in [5.74, 6) is 0.896. The number of fused-ring (bicyclic) bond motifs is 1. The lowest BCUT2D eigenvalue weighted by Gasteiger charge is -2.53. The predicted octanol–water partition coefficient (Wildman–Crippen LogP) is 4.53. The highest BCUT2D eigenvalue weighted by molar-refractivity contribution is 6.31. The highest BCUT2D eigenvalue weighted by atomic mass is 35.5. The zero-order valence-electron chi connectivity index (χ0n) is 17.3. The van der Waals surface area contributed by atoms with Crippen LogP contribution in [0.2, 0.25) is 5.02 Å². The number of benzene rings is 2. The van der Waals surface area contributed by atoms with Gasteiger partial charge in [0.2, 0.25) is 5.91 Å². The van der Waals surface area contributed by atoms with Crippen molar-refractivity contribution in [1.82, 2.24) is 5.32 Å². The Hall–Kier alpha value is -2.04. The van der Waals surface area contributed by atoms with Crippen molar-refractivity contribution in [2.45, 2.75) is 44.6 Å². The molecule has 1 saturated carbocycles. The van der Waals surface area contributed by atoms with Crippen LogP contribution in [-0.4, -0.2) is 19.6 Å². The van der Waals surface area contributed by atoms with Gasteiger partial charge in [0.05, 0.1) is 18.1 Å². The fraction of sp³-hybridized carbons (Fsp3) is 0.458. The Bertz CT molecular complexity index is 929. The van der Waals surface area contributed by atoms with Gasteiger partial charge in [0, 0.05) is 23.4 Å². The fourth-order valence-electron chi connectivity index (χ4n) is 5.68. The Balaban J connectivity index is 1.89. The number of hydrogen-bond acceptors (Lipinski definition) is 3. The van der Waals surface area contributed by atoms with Crippen LogP contribution in [0.25, 0.3) is 0 Å². The van der Waals surface area contributed by atoms with Crippen LogP contribution in [-0.2, 0) is 10.3 Å². The van der Waals surface area contributed by atoms with E-state index in [9.17, 15) is 4.79 Å². The first-order valence-electron chi connectivity index (χ1n) is 10.3. The first-order valence-corrected chi connectivity index (χ1v) is 10.7. The molecule has 2 fully saturated rings. The molecule has 1 amide bonds. The SMILES string of the molecule is CCC12CCC(c3ccc(OC)cc3Cl)C(N)(c3ccc(C)cc3)C1CNC2=O. The lowest BCUT2D eigenvalue weighted by molar-refractivity contribution is -0.133. The van der Waals surface area contributed by atoms with Gasteiger partial charge < -0.3 is 15.8 Å². The molecule has 5 heteroatoms. The molecule has 1 aliphatic heterocycles. The third-order valence-corrected chi connectivity index (χ3v) is 7.71. The van der Waals surface area contributed by atoms with Crippen LogP contribution in [0.5, 0.6) is 5.75 Å². The molecule has 154 valence electrons. The highest BCUT2D eigenvalue weighted by Gasteiger charge is 2.62. The van der Waals surface area contributed by atoms with Gasteiger partial charge in [-0.05, 0) is 49.4 Å². The highest BCUT2D eigenvalue weighted by Crippen LogP contribution is 2.59. The maximum Gasteiger partial charge on any atom is 0.226 e. The minimum atomic E-state index is -0.695. The molecule has 4 atom stereocenters. The summed E-state index contributed by atoms with van der Waals surface area (Å²) in [6.45, 7) is 4.78. The van der Waals surface area contributed by atoms with E-state index in [0.29, 0.717) is 11.6 Å². The second-order valence-electron chi connectivity index (χ2n) is 8.55. The summed E-state index contributed by atoms with van der Waals surface area (Å²) in [5.41, 5.74) is 9.54. The number of carbonyl (C=O) groups is 1. The lowest BCUT2D eigenvalue weighted by atomic mass is 9.52. The van der Waals surface area contributed by atoms with E-state index >= 15 is 0 Å². The van der Waals surface area contributed by atoms with Gasteiger partial charge in [-0.1, -0.05) is 54.4 Å². The molecule has 4 nitrogen and oxygen atoms in total. The second kappa shape index (κ2) is 7.33. The van der Waals surface area contributed by atoms with E-state index in [1.807, 2.05) is 18.2 Å². The summed E-state index contributed by atoms with van der Waals surface area (Å²) in [7, 11) is 1.64. The first kappa shape index (κ1) is 20.2. The first-order chi connectivity index (χ1) is 13.9. The van der Waals surface area contributed by atoms with E-state index in [4.69, 9.17) is 22.1 Å².